The minimum atomic E-state index is -0.591. The van der Waals surface area contributed by atoms with Crippen molar-refractivity contribution in [3.05, 3.63) is 48.5 Å². The fraction of sp³-hybridized carbons (Fsp3) is 0.556. The maximum Gasteiger partial charge on any atom is 0.137 e. The quantitative estimate of drug-likeness (QED) is 0.893. The molecule has 0 bridgehead atoms. The number of aliphatic hydroxyl groups is 1. The lowest BCUT2D eigenvalue weighted by Gasteiger charge is -2.29. The lowest BCUT2D eigenvalue weighted by molar-refractivity contribution is 0.0165. The van der Waals surface area contributed by atoms with Crippen molar-refractivity contribution < 1.29 is 5.11 Å². The molecule has 6 nitrogen and oxygen atoms in total. The molecule has 2 aliphatic heterocycles. The third-order valence-corrected chi connectivity index (χ3v) is 5.24. The minimum absolute atomic E-state index is 0.387. The van der Waals surface area contributed by atoms with Crippen LogP contribution in [0.1, 0.15) is 24.4 Å². The summed E-state index contributed by atoms with van der Waals surface area (Å²) in [6.45, 7) is 5.36. The van der Waals surface area contributed by atoms with E-state index in [-0.39, 0.29) is 0 Å². The molecule has 2 fully saturated rings. The standard InChI is InChI=1S/C18H25N5O/c24-18(7-9-22(13-18)10-16-4-2-1-3-5-16)12-21-8-6-17(11-21)23-15-19-14-20-23/h1-5,14-15,17,24H,6-13H2. The van der Waals surface area contributed by atoms with E-state index in [2.05, 4.69) is 44.1 Å². The van der Waals surface area contributed by atoms with Crippen molar-refractivity contribution in [3.8, 4) is 0 Å². The maximum absolute atomic E-state index is 11.0. The molecular weight excluding hydrogens is 302 g/mol. The average molecular weight is 327 g/mol. The molecule has 3 heterocycles. The van der Waals surface area contributed by atoms with Crippen LogP contribution in [-0.2, 0) is 6.54 Å². The lowest BCUT2D eigenvalue weighted by Crippen LogP contribution is -2.44. The van der Waals surface area contributed by atoms with Gasteiger partial charge in [-0.3, -0.25) is 9.80 Å². The first-order chi connectivity index (χ1) is 11.7. The lowest BCUT2D eigenvalue weighted by atomic mass is 10.0. The highest BCUT2D eigenvalue weighted by Crippen LogP contribution is 2.27. The molecule has 128 valence electrons. The van der Waals surface area contributed by atoms with E-state index in [9.17, 15) is 5.11 Å². The van der Waals surface area contributed by atoms with Crippen LogP contribution in [-0.4, -0.2) is 68.0 Å². The largest absolute Gasteiger partial charge is 0.387 e. The topological polar surface area (TPSA) is 57.4 Å². The van der Waals surface area contributed by atoms with Gasteiger partial charge in [-0.05, 0) is 18.4 Å². The molecule has 2 saturated heterocycles. The van der Waals surface area contributed by atoms with Gasteiger partial charge in [-0.2, -0.15) is 5.10 Å². The van der Waals surface area contributed by atoms with Crippen LogP contribution in [0.15, 0.2) is 43.0 Å². The summed E-state index contributed by atoms with van der Waals surface area (Å²) >= 11 is 0. The van der Waals surface area contributed by atoms with Gasteiger partial charge < -0.3 is 5.11 Å². The summed E-state index contributed by atoms with van der Waals surface area (Å²) < 4.78 is 1.94. The number of hydrogen-bond donors (Lipinski definition) is 1. The Balaban J connectivity index is 1.31. The molecule has 0 aliphatic carbocycles. The summed E-state index contributed by atoms with van der Waals surface area (Å²) in [5, 5.41) is 15.2. The average Bonchev–Trinajstić information content (AvgIpc) is 3.30. The first-order valence-corrected chi connectivity index (χ1v) is 8.75. The van der Waals surface area contributed by atoms with E-state index in [4.69, 9.17) is 0 Å². The first-order valence-electron chi connectivity index (χ1n) is 8.75. The number of nitrogens with zero attached hydrogens (tertiary/aromatic N) is 5. The van der Waals surface area contributed by atoms with Gasteiger partial charge >= 0.3 is 0 Å². The van der Waals surface area contributed by atoms with Gasteiger partial charge in [0, 0.05) is 39.3 Å². The summed E-state index contributed by atoms with van der Waals surface area (Å²) in [7, 11) is 0. The molecule has 0 spiro atoms. The molecule has 0 radical (unpaired) electrons. The van der Waals surface area contributed by atoms with Crippen LogP contribution in [0, 0.1) is 0 Å². The van der Waals surface area contributed by atoms with E-state index >= 15 is 0 Å². The van der Waals surface area contributed by atoms with E-state index in [1.165, 1.54) is 5.56 Å². The summed E-state index contributed by atoms with van der Waals surface area (Å²) in [4.78, 5) is 8.77. The van der Waals surface area contributed by atoms with Crippen molar-refractivity contribution >= 4 is 0 Å². The highest BCUT2D eigenvalue weighted by atomic mass is 16.3. The second-order valence-corrected chi connectivity index (χ2v) is 7.22. The highest BCUT2D eigenvalue weighted by molar-refractivity contribution is 5.15. The zero-order valence-corrected chi connectivity index (χ0v) is 14.0. The number of benzene rings is 1. The van der Waals surface area contributed by atoms with Crippen molar-refractivity contribution in [2.75, 3.05) is 32.7 Å². The molecule has 6 heteroatoms. The van der Waals surface area contributed by atoms with Crippen molar-refractivity contribution in [1.29, 1.82) is 0 Å². The molecule has 1 aromatic heterocycles. The van der Waals surface area contributed by atoms with Gasteiger partial charge in [0.1, 0.15) is 12.7 Å². The summed E-state index contributed by atoms with van der Waals surface area (Å²) in [5.74, 6) is 0. The predicted octanol–water partition coefficient (Wildman–Crippen LogP) is 1.16. The van der Waals surface area contributed by atoms with Gasteiger partial charge in [-0.1, -0.05) is 30.3 Å². The normalized spacial score (nSPS) is 28.6. The van der Waals surface area contributed by atoms with Crippen LogP contribution in [0.4, 0.5) is 0 Å². The Morgan fingerprint density at radius 1 is 1.17 bits per heavy atom. The molecule has 2 atom stereocenters. The smallest absolute Gasteiger partial charge is 0.137 e. The Morgan fingerprint density at radius 3 is 2.83 bits per heavy atom. The molecule has 24 heavy (non-hydrogen) atoms. The molecule has 4 rings (SSSR count). The van der Waals surface area contributed by atoms with Crippen LogP contribution in [0.2, 0.25) is 0 Å². The van der Waals surface area contributed by atoms with E-state index < -0.39 is 5.60 Å². The van der Waals surface area contributed by atoms with E-state index in [1.807, 2.05) is 10.7 Å². The molecule has 1 N–H and O–H groups in total. The molecule has 2 unspecified atom stereocenters. The zero-order chi connectivity index (χ0) is 16.4. The van der Waals surface area contributed by atoms with Crippen LogP contribution in [0.3, 0.4) is 0 Å². The van der Waals surface area contributed by atoms with Gasteiger partial charge in [0.05, 0.1) is 11.6 Å². The van der Waals surface area contributed by atoms with Gasteiger partial charge in [0.15, 0.2) is 0 Å². The van der Waals surface area contributed by atoms with E-state index in [0.717, 1.165) is 52.1 Å². The summed E-state index contributed by atoms with van der Waals surface area (Å²) in [6.07, 6.45) is 5.31. The van der Waals surface area contributed by atoms with Crippen molar-refractivity contribution in [2.45, 2.75) is 31.0 Å². The monoisotopic (exact) mass is 327 g/mol. The number of rotatable bonds is 5. The molecule has 0 amide bonds. The minimum Gasteiger partial charge on any atom is -0.387 e. The third kappa shape index (κ3) is 3.50. The fourth-order valence-electron chi connectivity index (χ4n) is 4.04. The molecule has 2 aromatic rings. The molecular formula is C18H25N5O. The van der Waals surface area contributed by atoms with Crippen molar-refractivity contribution in [1.82, 2.24) is 24.6 Å². The van der Waals surface area contributed by atoms with E-state index in [0.29, 0.717) is 6.04 Å². The zero-order valence-electron chi connectivity index (χ0n) is 14.0. The van der Waals surface area contributed by atoms with Gasteiger partial charge in [0.2, 0.25) is 0 Å². The first kappa shape index (κ1) is 15.7. The Hall–Kier alpha value is -1.76. The number of hydrogen-bond acceptors (Lipinski definition) is 5. The predicted molar refractivity (Wildman–Crippen MR) is 91.4 cm³/mol. The second-order valence-electron chi connectivity index (χ2n) is 7.22. The number of β-amino-alcohol motifs (C(OH)–C–C–N with tert-alkyl or cyclic N) is 1. The van der Waals surface area contributed by atoms with Gasteiger partial charge in [0.25, 0.3) is 0 Å². The van der Waals surface area contributed by atoms with Crippen LogP contribution in [0.25, 0.3) is 0 Å². The number of likely N-dealkylation sites (tertiary alicyclic amines) is 2. The molecule has 2 aliphatic rings. The van der Waals surface area contributed by atoms with Gasteiger partial charge in [-0.25, -0.2) is 9.67 Å². The summed E-state index contributed by atoms with van der Waals surface area (Å²) in [6, 6.07) is 10.9. The van der Waals surface area contributed by atoms with Gasteiger partial charge in [-0.15, -0.1) is 0 Å². The number of aromatic nitrogens is 3. The second kappa shape index (κ2) is 6.63. The highest BCUT2D eigenvalue weighted by Gasteiger charge is 2.39. The molecule has 1 aromatic carbocycles. The Labute approximate surface area is 142 Å². The van der Waals surface area contributed by atoms with Crippen LogP contribution in [0.5, 0.6) is 0 Å². The Bertz CT molecular complexity index is 647. The Morgan fingerprint density at radius 2 is 2.04 bits per heavy atom. The van der Waals surface area contributed by atoms with E-state index in [1.54, 1.807) is 12.7 Å². The van der Waals surface area contributed by atoms with Crippen LogP contribution >= 0.6 is 0 Å². The Kier molecular flexibility index (Phi) is 4.35. The van der Waals surface area contributed by atoms with Crippen molar-refractivity contribution in [2.24, 2.45) is 0 Å². The van der Waals surface area contributed by atoms with Crippen LogP contribution < -0.4 is 0 Å². The third-order valence-electron chi connectivity index (χ3n) is 5.24. The van der Waals surface area contributed by atoms with Crippen molar-refractivity contribution in [3.63, 3.8) is 0 Å². The SMILES string of the molecule is OC1(CN2CCC(n3cncn3)C2)CCN(Cc2ccccc2)C1. The maximum atomic E-state index is 11.0. The summed E-state index contributed by atoms with van der Waals surface area (Å²) in [5.41, 5.74) is 0.723. The fourth-order valence-corrected chi connectivity index (χ4v) is 4.04. The molecule has 0 saturated carbocycles.